The monoisotopic (exact) mass is 413 g/mol. The SMILES string of the molecule is CCOc1ccc(N2CC(CNC(=O)Nc3cc(OC)cc(OC)c3)CC2=O)cc1. The molecular weight excluding hydrogens is 386 g/mol. The highest BCUT2D eigenvalue weighted by Crippen LogP contribution is 2.27. The van der Waals surface area contributed by atoms with Gasteiger partial charge in [0.2, 0.25) is 5.91 Å². The van der Waals surface area contributed by atoms with Gasteiger partial charge in [-0.15, -0.1) is 0 Å². The molecule has 2 N–H and O–H groups in total. The number of nitrogens with one attached hydrogen (secondary N) is 2. The first-order chi connectivity index (χ1) is 14.5. The van der Waals surface area contributed by atoms with E-state index < -0.39 is 0 Å². The van der Waals surface area contributed by atoms with Crippen LogP contribution in [-0.4, -0.2) is 45.9 Å². The van der Waals surface area contributed by atoms with E-state index in [1.807, 2.05) is 31.2 Å². The van der Waals surface area contributed by atoms with E-state index in [0.717, 1.165) is 11.4 Å². The summed E-state index contributed by atoms with van der Waals surface area (Å²) in [5, 5.41) is 5.60. The fourth-order valence-corrected chi connectivity index (χ4v) is 3.35. The number of hydrogen-bond acceptors (Lipinski definition) is 5. The smallest absolute Gasteiger partial charge is 0.319 e. The molecule has 1 atom stereocenters. The lowest BCUT2D eigenvalue weighted by molar-refractivity contribution is -0.117. The van der Waals surface area contributed by atoms with Crippen molar-refractivity contribution in [2.24, 2.45) is 5.92 Å². The number of carbonyl (C=O) groups is 2. The van der Waals surface area contributed by atoms with Gasteiger partial charge in [-0.3, -0.25) is 4.79 Å². The highest BCUT2D eigenvalue weighted by molar-refractivity contribution is 5.96. The molecule has 3 rings (SSSR count). The summed E-state index contributed by atoms with van der Waals surface area (Å²) in [4.78, 5) is 26.4. The van der Waals surface area contributed by atoms with Crippen molar-refractivity contribution in [1.29, 1.82) is 0 Å². The van der Waals surface area contributed by atoms with Gasteiger partial charge in [0.05, 0.1) is 20.8 Å². The Bertz CT molecular complexity index is 863. The van der Waals surface area contributed by atoms with E-state index in [0.29, 0.717) is 43.3 Å². The zero-order chi connectivity index (χ0) is 21.5. The standard InChI is InChI=1S/C22H27N3O5/c1-4-30-18-7-5-17(6-8-18)25-14-15(9-21(25)26)13-23-22(27)24-16-10-19(28-2)12-20(11-16)29-3/h5-8,10-12,15H,4,9,13-14H2,1-3H3,(H2,23,24,27). The van der Waals surface area contributed by atoms with Crippen molar-refractivity contribution in [1.82, 2.24) is 5.32 Å². The molecule has 2 aromatic carbocycles. The Morgan fingerprint density at radius 3 is 2.33 bits per heavy atom. The summed E-state index contributed by atoms with van der Waals surface area (Å²) in [5.74, 6) is 2.02. The third kappa shape index (κ3) is 5.34. The van der Waals surface area contributed by atoms with Gasteiger partial charge in [-0.2, -0.15) is 0 Å². The van der Waals surface area contributed by atoms with Crippen LogP contribution in [0.25, 0.3) is 0 Å². The number of urea groups is 1. The molecule has 1 fully saturated rings. The summed E-state index contributed by atoms with van der Waals surface area (Å²) in [6.45, 7) is 3.48. The highest BCUT2D eigenvalue weighted by atomic mass is 16.5. The fourth-order valence-electron chi connectivity index (χ4n) is 3.35. The first-order valence-electron chi connectivity index (χ1n) is 9.83. The molecule has 160 valence electrons. The van der Waals surface area contributed by atoms with Gasteiger partial charge in [0.1, 0.15) is 17.2 Å². The van der Waals surface area contributed by atoms with Gasteiger partial charge in [0.15, 0.2) is 0 Å². The Hall–Kier alpha value is -3.42. The van der Waals surface area contributed by atoms with Crippen LogP contribution in [-0.2, 0) is 4.79 Å². The number of ether oxygens (including phenoxy) is 3. The Labute approximate surface area is 176 Å². The molecule has 1 saturated heterocycles. The molecule has 8 nitrogen and oxygen atoms in total. The van der Waals surface area contributed by atoms with Gasteiger partial charge in [0, 0.05) is 55.0 Å². The quantitative estimate of drug-likeness (QED) is 0.693. The van der Waals surface area contributed by atoms with Crippen molar-refractivity contribution in [2.75, 3.05) is 44.1 Å². The van der Waals surface area contributed by atoms with E-state index in [2.05, 4.69) is 10.6 Å². The number of nitrogens with zero attached hydrogens (tertiary/aromatic N) is 1. The average Bonchev–Trinajstić information content (AvgIpc) is 3.13. The molecule has 0 radical (unpaired) electrons. The topological polar surface area (TPSA) is 89.1 Å². The molecule has 2 aromatic rings. The second kappa shape index (κ2) is 9.87. The molecular formula is C22H27N3O5. The van der Waals surface area contributed by atoms with Crippen molar-refractivity contribution < 1.29 is 23.8 Å². The van der Waals surface area contributed by atoms with E-state index in [1.54, 1.807) is 37.3 Å². The van der Waals surface area contributed by atoms with Crippen LogP contribution in [0.5, 0.6) is 17.2 Å². The molecule has 0 aromatic heterocycles. The Morgan fingerprint density at radius 1 is 1.07 bits per heavy atom. The maximum absolute atomic E-state index is 12.4. The molecule has 30 heavy (non-hydrogen) atoms. The number of carbonyl (C=O) groups excluding carboxylic acids is 2. The van der Waals surface area contributed by atoms with Crippen LogP contribution in [0, 0.1) is 5.92 Å². The fraction of sp³-hybridized carbons (Fsp3) is 0.364. The minimum Gasteiger partial charge on any atom is -0.497 e. The Balaban J connectivity index is 1.53. The minimum absolute atomic E-state index is 0.0367. The lowest BCUT2D eigenvalue weighted by Gasteiger charge is -2.17. The molecule has 0 bridgehead atoms. The van der Waals surface area contributed by atoms with E-state index in [-0.39, 0.29) is 17.9 Å². The predicted molar refractivity (Wildman–Crippen MR) is 115 cm³/mol. The molecule has 1 aliphatic rings. The number of methoxy groups -OCH3 is 2. The number of anilines is 2. The highest BCUT2D eigenvalue weighted by Gasteiger charge is 2.30. The lowest BCUT2D eigenvalue weighted by Crippen LogP contribution is -2.34. The average molecular weight is 413 g/mol. The van der Waals surface area contributed by atoms with Gasteiger partial charge in [-0.05, 0) is 31.2 Å². The van der Waals surface area contributed by atoms with Gasteiger partial charge in [-0.1, -0.05) is 0 Å². The van der Waals surface area contributed by atoms with Crippen LogP contribution >= 0.6 is 0 Å². The van der Waals surface area contributed by atoms with Crippen molar-refractivity contribution >= 4 is 23.3 Å². The van der Waals surface area contributed by atoms with Crippen molar-refractivity contribution in [2.45, 2.75) is 13.3 Å². The van der Waals surface area contributed by atoms with Gasteiger partial charge in [0.25, 0.3) is 0 Å². The van der Waals surface area contributed by atoms with Crippen LogP contribution in [0.3, 0.4) is 0 Å². The van der Waals surface area contributed by atoms with Crippen LogP contribution in [0.4, 0.5) is 16.2 Å². The largest absolute Gasteiger partial charge is 0.497 e. The van der Waals surface area contributed by atoms with E-state index in [1.165, 1.54) is 0 Å². The zero-order valence-electron chi connectivity index (χ0n) is 17.4. The molecule has 1 unspecified atom stereocenters. The Kier molecular flexibility index (Phi) is 7.00. The van der Waals surface area contributed by atoms with Crippen molar-refractivity contribution in [3.05, 3.63) is 42.5 Å². The van der Waals surface area contributed by atoms with E-state index >= 15 is 0 Å². The molecule has 0 saturated carbocycles. The number of benzene rings is 2. The van der Waals surface area contributed by atoms with Crippen LogP contribution in [0.1, 0.15) is 13.3 Å². The minimum atomic E-state index is -0.350. The molecule has 0 spiro atoms. The molecule has 1 aliphatic heterocycles. The summed E-state index contributed by atoms with van der Waals surface area (Å²) in [6, 6.07) is 12.2. The first kappa shape index (κ1) is 21.3. The van der Waals surface area contributed by atoms with E-state index in [9.17, 15) is 9.59 Å². The van der Waals surface area contributed by atoms with Gasteiger partial charge < -0.3 is 29.7 Å². The maximum atomic E-state index is 12.4. The van der Waals surface area contributed by atoms with E-state index in [4.69, 9.17) is 14.2 Å². The molecule has 8 heteroatoms. The van der Waals surface area contributed by atoms with Crippen LogP contribution < -0.4 is 29.7 Å². The number of hydrogen-bond donors (Lipinski definition) is 2. The van der Waals surface area contributed by atoms with Gasteiger partial charge in [-0.25, -0.2) is 4.79 Å². The zero-order valence-corrected chi connectivity index (χ0v) is 17.4. The van der Waals surface area contributed by atoms with Crippen LogP contribution in [0.2, 0.25) is 0 Å². The second-order valence-corrected chi connectivity index (χ2v) is 6.94. The summed E-state index contributed by atoms with van der Waals surface area (Å²) in [6.07, 6.45) is 0.389. The van der Waals surface area contributed by atoms with Crippen molar-refractivity contribution in [3.63, 3.8) is 0 Å². The first-order valence-corrected chi connectivity index (χ1v) is 9.83. The summed E-state index contributed by atoms with van der Waals surface area (Å²) in [7, 11) is 3.09. The number of amides is 3. The van der Waals surface area contributed by atoms with Gasteiger partial charge >= 0.3 is 6.03 Å². The molecule has 0 aliphatic carbocycles. The summed E-state index contributed by atoms with van der Waals surface area (Å²) >= 11 is 0. The number of rotatable bonds is 8. The third-order valence-electron chi connectivity index (χ3n) is 4.83. The normalized spacial score (nSPS) is 15.6. The summed E-state index contributed by atoms with van der Waals surface area (Å²) < 4.78 is 15.8. The maximum Gasteiger partial charge on any atom is 0.319 e. The lowest BCUT2D eigenvalue weighted by atomic mass is 10.1. The molecule has 3 amide bonds. The van der Waals surface area contributed by atoms with Crippen molar-refractivity contribution in [3.8, 4) is 17.2 Å². The summed E-state index contributed by atoms with van der Waals surface area (Å²) in [5.41, 5.74) is 1.39. The third-order valence-corrected chi connectivity index (χ3v) is 4.83. The predicted octanol–water partition coefficient (Wildman–Crippen LogP) is 3.28. The van der Waals surface area contributed by atoms with Crippen LogP contribution in [0.15, 0.2) is 42.5 Å². The molecule has 1 heterocycles. The second-order valence-electron chi connectivity index (χ2n) is 6.94. The Morgan fingerprint density at radius 2 is 1.73 bits per heavy atom.